The molecule has 1 aromatic rings. The molecule has 1 aliphatic carbocycles. The van der Waals surface area contributed by atoms with E-state index in [1.54, 1.807) is 12.1 Å². The van der Waals surface area contributed by atoms with Crippen molar-refractivity contribution in [2.75, 3.05) is 0 Å². The minimum Gasteiger partial charge on any atom is -0.370 e. The van der Waals surface area contributed by atoms with Crippen LogP contribution in [0, 0.1) is 27.6 Å². The summed E-state index contributed by atoms with van der Waals surface area (Å²) in [7, 11) is 0. The predicted octanol–water partition coefficient (Wildman–Crippen LogP) is 4.53. The van der Waals surface area contributed by atoms with Crippen molar-refractivity contribution >= 4 is 29.1 Å². The van der Waals surface area contributed by atoms with Crippen LogP contribution < -0.4 is 5.73 Å². The molecular weight excluding hydrogens is 319 g/mol. The molecule has 1 fully saturated rings. The summed E-state index contributed by atoms with van der Waals surface area (Å²) in [5.74, 6) is -0.524. The Balaban J connectivity index is 2.53. The lowest BCUT2D eigenvalue weighted by Crippen LogP contribution is -2.23. The van der Waals surface area contributed by atoms with Crippen molar-refractivity contribution in [1.29, 1.82) is 5.26 Å². The smallest absolute Gasteiger partial charge is 0.218 e. The predicted molar refractivity (Wildman–Crippen MR) is 88.6 cm³/mol. The van der Waals surface area contributed by atoms with Gasteiger partial charge in [0.15, 0.2) is 0 Å². The van der Waals surface area contributed by atoms with Gasteiger partial charge >= 0.3 is 0 Å². The fraction of sp³-hybridized carbons (Fsp3) is 0.529. The molecule has 118 valence electrons. The highest BCUT2D eigenvalue weighted by molar-refractivity contribution is 6.35. The van der Waals surface area contributed by atoms with Crippen LogP contribution in [0.25, 0.3) is 0 Å². The van der Waals surface area contributed by atoms with E-state index in [4.69, 9.17) is 28.9 Å². The number of primary amides is 1. The maximum atomic E-state index is 11.5. The van der Waals surface area contributed by atoms with Gasteiger partial charge in [-0.3, -0.25) is 4.79 Å². The van der Waals surface area contributed by atoms with E-state index in [1.165, 1.54) is 0 Å². The molecule has 0 heterocycles. The van der Waals surface area contributed by atoms with Crippen LogP contribution in [0.3, 0.4) is 0 Å². The molecule has 1 amide bonds. The first-order valence-corrected chi connectivity index (χ1v) is 7.95. The molecule has 1 aliphatic rings. The Bertz CT molecular complexity index is 680. The second-order valence-electron chi connectivity index (χ2n) is 6.91. The molecule has 1 saturated carbocycles. The molecule has 2 unspecified atom stereocenters. The lowest BCUT2D eigenvalue weighted by Gasteiger charge is -2.24. The number of nitrogens with two attached hydrogens (primary N) is 1. The van der Waals surface area contributed by atoms with Crippen molar-refractivity contribution in [3.05, 3.63) is 33.8 Å². The zero-order chi connectivity index (χ0) is 16.9. The van der Waals surface area contributed by atoms with Crippen molar-refractivity contribution in [3.8, 4) is 6.07 Å². The molecule has 2 N–H and O–H groups in total. The molecule has 2 rings (SSSR count). The highest BCUT2D eigenvalue weighted by Gasteiger charge is 2.82. The summed E-state index contributed by atoms with van der Waals surface area (Å²) in [6.07, 6.45) is 0.184. The summed E-state index contributed by atoms with van der Waals surface area (Å²) in [5.41, 5.74) is 4.76. The lowest BCUT2D eigenvalue weighted by molar-refractivity contribution is -0.119. The van der Waals surface area contributed by atoms with Crippen LogP contribution in [0.4, 0.5) is 0 Å². The van der Waals surface area contributed by atoms with Crippen LogP contribution in [0.15, 0.2) is 18.2 Å². The molecule has 0 spiro atoms. The summed E-state index contributed by atoms with van der Waals surface area (Å²) in [6.45, 7) is 7.96. The highest BCUT2D eigenvalue weighted by atomic mass is 35.5. The van der Waals surface area contributed by atoms with Gasteiger partial charge in [-0.05, 0) is 23.1 Å². The third-order valence-corrected chi connectivity index (χ3v) is 6.52. The number of carbonyl (C=O) groups is 1. The minimum absolute atomic E-state index is 0.137. The molecular formula is C17H20Cl2N2O. The monoisotopic (exact) mass is 338 g/mol. The summed E-state index contributed by atoms with van der Waals surface area (Å²) in [6, 6.07) is 7.78. The van der Waals surface area contributed by atoms with Crippen molar-refractivity contribution in [1.82, 2.24) is 0 Å². The normalized spacial score (nSPS) is 30.4. The Morgan fingerprint density at radius 1 is 1.36 bits per heavy atom. The molecule has 5 heteroatoms. The first kappa shape index (κ1) is 17.1. The Morgan fingerprint density at radius 2 is 1.95 bits per heavy atom. The lowest BCUT2D eigenvalue weighted by atomic mass is 9.77. The summed E-state index contributed by atoms with van der Waals surface area (Å²) in [5, 5.41) is 11.0. The highest BCUT2D eigenvalue weighted by Crippen LogP contribution is 2.83. The van der Waals surface area contributed by atoms with Gasteiger partial charge in [-0.1, -0.05) is 57.0 Å². The fourth-order valence-corrected chi connectivity index (χ4v) is 4.97. The second kappa shape index (κ2) is 5.15. The Kier molecular flexibility index (Phi) is 4.00. The maximum Gasteiger partial charge on any atom is 0.218 e. The summed E-state index contributed by atoms with van der Waals surface area (Å²) in [4.78, 5) is 11.5. The number of amides is 1. The van der Waals surface area contributed by atoms with Gasteiger partial charge in [0, 0.05) is 27.8 Å². The van der Waals surface area contributed by atoms with E-state index in [0.717, 1.165) is 5.56 Å². The number of carbonyl (C=O) groups excluding carboxylic acids is 1. The van der Waals surface area contributed by atoms with E-state index >= 15 is 0 Å². The third-order valence-electron chi connectivity index (χ3n) is 5.96. The van der Waals surface area contributed by atoms with Gasteiger partial charge in [-0.25, -0.2) is 0 Å². The van der Waals surface area contributed by atoms with Crippen molar-refractivity contribution < 1.29 is 4.79 Å². The van der Waals surface area contributed by atoms with Gasteiger partial charge in [0.1, 0.15) is 0 Å². The largest absolute Gasteiger partial charge is 0.370 e. The van der Waals surface area contributed by atoms with Gasteiger partial charge < -0.3 is 5.73 Å². The standard InChI is InChI=1S/C17H20Cl2N2O/c1-10(12-6-5-11(18)7-13(12)19)17(9-20)15(2,3)16(17,4)8-14(21)22/h5-7,10H,8H2,1-4H3,(H2,21,22)/t10-,16?,17?/m0/s1. The number of rotatable bonds is 4. The van der Waals surface area contributed by atoms with Gasteiger partial charge in [0.25, 0.3) is 0 Å². The zero-order valence-corrected chi connectivity index (χ0v) is 14.7. The van der Waals surface area contributed by atoms with Crippen LogP contribution in [-0.4, -0.2) is 5.91 Å². The van der Waals surface area contributed by atoms with E-state index < -0.39 is 10.8 Å². The van der Waals surface area contributed by atoms with Crippen LogP contribution >= 0.6 is 23.2 Å². The van der Waals surface area contributed by atoms with Crippen LogP contribution in [-0.2, 0) is 4.79 Å². The average Bonchev–Trinajstić information content (AvgIpc) is 2.75. The van der Waals surface area contributed by atoms with Gasteiger partial charge in [0.05, 0.1) is 11.5 Å². The molecule has 0 saturated heterocycles. The van der Waals surface area contributed by atoms with Gasteiger partial charge in [0.2, 0.25) is 5.91 Å². The molecule has 22 heavy (non-hydrogen) atoms. The van der Waals surface area contributed by atoms with E-state index in [0.29, 0.717) is 10.0 Å². The topological polar surface area (TPSA) is 66.9 Å². The number of hydrogen-bond donors (Lipinski definition) is 1. The summed E-state index contributed by atoms with van der Waals surface area (Å²) < 4.78 is 0. The second-order valence-corrected chi connectivity index (χ2v) is 7.75. The first-order valence-electron chi connectivity index (χ1n) is 7.19. The SMILES string of the molecule is C[C@@H](c1ccc(Cl)cc1Cl)C1(C#N)C(C)(C)C1(C)CC(N)=O. The first-order chi connectivity index (χ1) is 10.0. The third kappa shape index (κ3) is 1.97. The van der Waals surface area contributed by atoms with Crippen molar-refractivity contribution in [3.63, 3.8) is 0 Å². The minimum atomic E-state index is -0.702. The zero-order valence-electron chi connectivity index (χ0n) is 13.2. The van der Waals surface area contributed by atoms with E-state index in [1.807, 2.05) is 33.8 Å². The van der Waals surface area contributed by atoms with E-state index in [2.05, 4.69) is 6.07 Å². The molecule has 0 aliphatic heterocycles. The number of benzene rings is 1. The molecule has 3 nitrogen and oxygen atoms in total. The van der Waals surface area contributed by atoms with Crippen LogP contribution in [0.1, 0.15) is 45.6 Å². The van der Waals surface area contributed by atoms with Gasteiger partial charge in [-0.15, -0.1) is 0 Å². The van der Waals surface area contributed by atoms with Crippen LogP contribution in [0.2, 0.25) is 10.0 Å². The molecule has 1 aromatic carbocycles. The molecule has 0 radical (unpaired) electrons. The number of nitriles is 1. The summed E-state index contributed by atoms with van der Waals surface area (Å²) >= 11 is 12.3. The number of nitrogens with zero attached hydrogens (tertiary/aromatic N) is 1. The average molecular weight is 339 g/mol. The Hall–Kier alpha value is -1.24. The fourth-order valence-electron chi connectivity index (χ4n) is 4.40. The van der Waals surface area contributed by atoms with Gasteiger partial charge in [-0.2, -0.15) is 5.26 Å². The quantitative estimate of drug-likeness (QED) is 0.876. The van der Waals surface area contributed by atoms with Crippen LogP contribution in [0.5, 0.6) is 0 Å². The van der Waals surface area contributed by atoms with E-state index in [-0.39, 0.29) is 23.7 Å². The Labute approximate surface area is 141 Å². The molecule has 3 atom stereocenters. The van der Waals surface area contributed by atoms with Crippen molar-refractivity contribution in [2.45, 2.75) is 40.0 Å². The number of hydrogen-bond acceptors (Lipinski definition) is 2. The maximum absolute atomic E-state index is 11.5. The Morgan fingerprint density at radius 3 is 2.41 bits per heavy atom. The number of halogens is 2. The van der Waals surface area contributed by atoms with Crippen molar-refractivity contribution in [2.24, 2.45) is 22.0 Å². The van der Waals surface area contributed by atoms with E-state index in [9.17, 15) is 10.1 Å². The molecule has 0 bridgehead atoms. The molecule has 0 aromatic heterocycles.